The number of hydrogen-bond acceptors (Lipinski definition) is 5. The zero-order valence-electron chi connectivity index (χ0n) is 17.7. The molecule has 2 amide bonds. The first-order valence-corrected chi connectivity index (χ1v) is 10.8. The number of hydrogen-bond donors (Lipinski definition) is 1. The van der Waals surface area contributed by atoms with Gasteiger partial charge in [0.1, 0.15) is 11.6 Å². The molecule has 0 radical (unpaired) electrons. The van der Waals surface area contributed by atoms with Crippen LogP contribution in [0.1, 0.15) is 57.3 Å². The molecule has 7 heteroatoms. The lowest BCUT2D eigenvalue weighted by molar-refractivity contribution is -0.136. The molecule has 2 aromatic rings. The van der Waals surface area contributed by atoms with Gasteiger partial charge in [-0.25, -0.2) is 9.78 Å². The summed E-state index contributed by atoms with van der Waals surface area (Å²) < 4.78 is 5.39. The molecule has 0 spiro atoms. The zero-order chi connectivity index (χ0) is 21.2. The topological polar surface area (TPSA) is 71.5 Å². The maximum Gasteiger partial charge on any atom is 0.408 e. The molecule has 1 aromatic heterocycles. The van der Waals surface area contributed by atoms with E-state index in [-0.39, 0.29) is 11.9 Å². The lowest BCUT2D eigenvalue weighted by atomic mass is 9.91. The lowest BCUT2D eigenvalue weighted by Crippen LogP contribution is -2.48. The van der Waals surface area contributed by atoms with Gasteiger partial charge in [0.05, 0.1) is 16.1 Å². The predicted molar refractivity (Wildman–Crippen MR) is 115 cm³/mol. The third-order valence-corrected chi connectivity index (χ3v) is 6.11. The van der Waals surface area contributed by atoms with Gasteiger partial charge in [0, 0.05) is 13.1 Å². The SMILES string of the molecule is Cc1ncsc1-c1ccc([C@@H](NC(=O)OC(C)(C)C)C(=O)N(C)C2CCC2)cc1. The minimum absolute atomic E-state index is 0.123. The molecule has 0 bridgehead atoms. The van der Waals surface area contributed by atoms with E-state index in [1.165, 1.54) is 0 Å². The molecule has 1 aromatic carbocycles. The van der Waals surface area contributed by atoms with Gasteiger partial charge >= 0.3 is 6.09 Å². The number of benzene rings is 1. The molecule has 3 rings (SSSR count). The molecule has 1 aliphatic carbocycles. The van der Waals surface area contributed by atoms with Gasteiger partial charge in [0.15, 0.2) is 0 Å². The van der Waals surface area contributed by atoms with Crippen LogP contribution >= 0.6 is 11.3 Å². The summed E-state index contributed by atoms with van der Waals surface area (Å²) in [6.45, 7) is 7.38. The molecular formula is C22H29N3O3S. The number of ether oxygens (including phenoxy) is 1. The normalized spacial score (nSPS) is 15.3. The average Bonchev–Trinajstić information content (AvgIpc) is 3.02. The number of carbonyl (C=O) groups excluding carboxylic acids is 2. The minimum Gasteiger partial charge on any atom is -0.444 e. The number of nitrogens with one attached hydrogen (secondary N) is 1. The highest BCUT2D eigenvalue weighted by Gasteiger charge is 2.33. The molecule has 1 aliphatic rings. The smallest absolute Gasteiger partial charge is 0.408 e. The number of rotatable bonds is 5. The summed E-state index contributed by atoms with van der Waals surface area (Å²) in [4.78, 5) is 32.8. The first-order chi connectivity index (χ1) is 13.7. The summed E-state index contributed by atoms with van der Waals surface area (Å²) in [5.41, 5.74) is 3.95. The fraction of sp³-hybridized carbons (Fsp3) is 0.500. The molecule has 1 N–H and O–H groups in total. The minimum atomic E-state index is -0.785. The maximum absolute atomic E-state index is 13.2. The van der Waals surface area contributed by atoms with Crippen molar-refractivity contribution in [3.05, 3.63) is 41.0 Å². The van der Waals surface area contributed by atoms with Crippen LogP contribution in [-0.4, -0.2) is 40.6 Å². The predicted octanol–water partition coefficient (Wildman–Crippen LogP) is 4.70. The molecule has 0 unspecified atom stereocenters. The van der Waals surface area contributed by atoms with E-state index in [1.54, 1.807) is 37.0 Å². The van der Waals surface area contributed by atoms with Gasteiger partial charge < -0.3 is 15.0 Å². The Morgan fingerprint density at radius 2 is 1.90 bits per heavy atom. The Morgan fingerprint density at radius 1 is 1.24 bits per heavy atom. The van der Waals surface area contributed by atoms with E-state index in [0.29, 0.717) is 0 Å². The van der Waals surface area contributed by atoms with Crippen molar-refractivity contribution in [3.8, 4) is 10.4 Å². The van der Waals surface area contributed by atoms with Crippen LogP contribution in [0.25, 0.3) is 10.4 Å². The van der Waals surface area contributed by atoms with E-state index in [0.717, 1.165) is 41.0 Å². The van der Waals surface area contributed by atoms with Crippen molar-refractivity contribution < 1.29 is 14.3 Å². The van der Waals surface area contributed by atoms with Crippen LogP contribution in [0.5, 0.6) is 0 Å². The summed E-state index contributed by atoms with van der Waals surface area (Å²) in [7, 11) is 1.81. The molecule has 6 nitrogen and oxygen atoms in total. The van der Waals surface area contributed by atoms with Gasteiger partial charge in [-0.3, -0.25) is 4.79 Å². The molecular weight excluding hydrogens is 386 g/mol. The molecule has 1 saturated carbocycles. The third-order valence-electron chi connectivity index (χ3n) is 5.13. The number of amides is 2. The van der Waals surface area contributed by atoms with E-state index in [2.05, 4.69) is 10.3 Å². The second kappa shape index (κ2) is 8.53. The number of aryl methyl sites for hydroxylation is 1. The fourth-order valence-corrected chi connectivity index (χ4v) is 4.09. The van der Waals surface area contributed by atoms with Crippen molar-refractivity contribution in [3.63, 3.8) is 0 Å². The Morgan fingerprint density at radius 3 is 2.38 bits per heavy atom. The average molecular weight is 416 g/mol. The number of thiazole rings is 1. The summed E-state index contributed by atoms with van der Waals surface area (Å²) in [6.07, 6.45) is 2.55. The quantitative estimate of drug-likeness (QED) is 0.769. The zero-order valence-corrected chi connectivity index (χ0v) is 18.5. The molecule has 1 heterocycles. The highest BCUT2D eigenvalue weighted by molar-refractivity contribution is 7.13. The van der Waals surface area contributed by atoms with Crippen molar-refractivity contribution in [1.29, 1.82) is 0 Å². The molecule has 1 atom stereocenters. The number of alkyl carbamates (subject to hydrolysis) is 1. The van der Waals surface area contributed by atoms with E-state index >= 15 is 0 Å². The summed E-state index contributed by atoms with van der Waals surface area (Å²) in [5, 5.41) is 2.78. The number of aromatic nitrogens is 1. The van der Waals surface area contributed by atoms with E-state index in [9.17, 15) is 9.59 Å². The second-order valence-corrected chi connectivity index (χ2v) is 9.36. The van der Waals surface area contributed by atoms with Gasteiger partial charge in [-0.2, -0.15) is 0 Å². The van der Waals surface area contributed by atoms with Crippen molar-refractivity contribution in [2.75, 3.05) is 7.05 Å². The van der Waals surface area contributed by atoms with Crippen LogP contribution in [0, 0.1) is 6.92 Å². The molecule has 0 saturated heterocycles. The summed E-state index contributed by atoms with van der Waals surface area (Å²) >= 11 is 1.58. The third kappa shape index (κ3) is 5.15. The van der Waals surface area contributed by atoms with Crippen LogP contribution in [0.3, 0.4) is 0 Å². The Balaban J connectivity index is 1.84. The number of nitrogens with zero attached hydrogens (tertiary/aromatic N) is 2. The monoisotopic (exact) mass is 415 g/mol. The highest BCUT2D eigenvalue weighted by Crippen LogP contribution is 2.30. The van der Waals surface area contributed by atoms with Crippen LogP contribution in [-0.2, 0) is 9.53 Å². The number of likely N-dealkylation sites (N-methyl/N-ethyl adjacent to an activating group) is 1. The largest absolute Gasteiger partial charge is 0.444 e. The Bertz CT molecular complexity index is 866. The van der Waals surface area contributed by atoms with Crippen molar-refractivity contribution >= 4 is 23.3 Å². The molecule has 156 valence electrons. The van der Waals surface area contributed by atoms with Gasteiger partial charge in [-0.05, 0) is 58.1 Å². The first-order valence-electron chi connectivity index (χ1n) is 9.92. The van der Waals surface area contributed by atoms with E-state index in [4.69, 9.17) is 4.74 Å². The maximum atomic E-state index is 13.2. The molecule has 1 fully saturated rings. The lowest BCUT2D eigenvalue weighted by Gasteiger charge is -2.37. The van der Waals surface area contributed by atoms with Crippen LogP contribution < -0.4 is 5.32 Å². The second-order valence-electron chi connectivity index (χ2n) is 8.50. The van der Waals surface area contributed by atoms with Gasteiger partial charge in [-0.15, -0.1) is 11.3 Å². The van der Waals surface area contributed by atoms with Gasteiger partial charge in [-0.1, -0.05) is 24.3 Å². The summed E-state index contributed by atoms with van der Waals surface area (Å²) in [6, 6.07) is 7.18. The van der Waals surface area contributed by atoms with E-state index in [1.807, 2.05) is 43.7 Å². The van der Waals surface area contributed by atoms with Crippen molar-refractivity contribution in [2.45, 2.75) is 64.6 Å². The Kier molecular flexibility index (Phi) is 6.27. The Labute approximate surface area is 176 Å². The van der Waals surface area contributed by atoms with Gasteiger partial charge in [0.25, 0.3) is 0 Å². The van der Waals surface area contributed by atoms with Crippen molar-refractivity contribution in [2.24, 2.45) is 0 Å². The standard InChI is InChI=1S/C22H29N3O3S/c1-14-19(29-13-23-14)16-11-9-15(10-12-16)18(24-21(27)28-22(2,3)4)20(26)25(5)17-7-6-8-17/h9-13,17-18H,6-8H2,1-5H3,(H,24,27)/t18-/m1/s1. The molecule has 29 heavy (non-hydrogen) atoms. The Hall–Kier alpha value is -2.41. The fourth-order valence-electron chi connectivity index (χ4n) is 3.28. The van der Waals surface area contributed by atoms with E-state index < -0.39 is 17.7 Å². The number of carbonyl (C=O) groups is 2. The molecule has 0 aliphatic heterocycles. The van der Waals surface area contributed by atoms with Crippen molar-refractivity contribution in [1.82, 2.24) is 15.2 Å². The van der Waals surface area contributed by atoms with Crippen LogP contribution in [0.2, 0.25) is 0 Å². The first kappa shape index (κ1) is 21.3. The summed E-state index contributed by atoms with van der Waals surface area (Å²) in [5.74, 6) is -0.123. The van der Waals surface area contributed by atoms with Crippen LogP contribution in [0.15, 0.2) is 29.8 Å². The van der Waals surface area contributed by atoms with Crippen LogP contribution in [0.4, 0.5) is 4.79 Å². The van der Waals surface area contributed by atoms with Gasteiger partial charge in [0.2, 0.25) is 5.91 Å². The highest BCUT2D eigenvalue weighted by atomic mass is 32.1.